The molecule has 9 heteroatoms. The highest BCUT2D eigenvalue weighted by molar-refractivity contribution is 7.88. The van der Waals surface area contributed by atoms with Crippen molar-refractivity contribution in [2.75, 3.05) is 37.8 Å². The normalized spacial score (nSPS) is 16.2. The molecule has 1 N–H and O–H groups in total. The van der Waals surface area contributed by atoms with Gasteiger partial charge in [0, 0.05) is 31.9 Å². The Morgan fingerprint density at radius 3 is 2.24 bits per heavy atom. The van der Waals surface area contributed by atoms with Crippen molar-refractivity contribution >= 4 is 32.8 Å². The van der Waals surface area contributed by atoms with Crippen LogP contribution in [-0.2, 0) is 10.0 Å². The predicted octanol–water partition coefficient (Wildman–Crippen LogP) is 1.36. The number of amides is 2. The number of fused-ring (bicyclic) bond motifs is 1. The number of hydrogen-bond acceptors (Lipinski definition) is 5. The van der Waals surface area contributed by atoms with Crippen LogP contribution in [0.25, 0.3) is 11.0 Å². The summed E-state index contributed by atoms with van der Waals surface area (Å²) in [6.07, 6.45) is 1.18. The Labute approximate surface area is 146 Å². The first-order valence-corrected chi connectivity index (χ1v) is 9.85. The minimum Gasteiger partial charge on any atom is -0.322 e. The Morgan fingerprint density at radius 1 is 1.04 bits per heavy atom. The lowest BCUT2D eigenvalue weighted by atomic mass is 10.2. The molecular formula is C16H21N5O3S. The van der Waals surface area contributed by atoms with Crippen LogP contribution in [0, 0.1) is 13.8 Å². The van der Waals surface area contributed by atoms with E-state index in [2.05, 4.69) is 15.3 Å². The van der Waals surface area contributed by atoms with Gasteiger partial charge < -0.3 is 10.2 Å². The summed E-state index contributed by atoms with van der Waals surface area (Å²) in [5.41, 5.74) is 3.88. The van der Waals surface area contributed by atoms with Crippen molar-refractivity contribution in [1.29, 1.82) is 0 Å². The minimum atomic E-state index is -3.21. The standard InChI is InChI=1S/C16H21N5O3S/c1-11-12(2)18-15-10-13(4-5-14(15)17-11)19-16(22)20-6-8-21(9-7-20)25(3,23)24/h4-5,10H,6-9H2,1-3H3,(H,19,22). The first-order valence-electron chi connectivity index (χ1n) is 8.00. The van der Waals surface area contributed by atoms with E-state index in [1.165, 1.54) is 10.6 Å². The smallest absolute Gasteiger partial charge is 0.321 e. The van der Waals surface area contributed by atoms with Crippen LogP contribution in [-0.4, -0.2) is 66.1 Å². The summed E-state index contributed by atoms with van der Waals surface area (Å²) in [7, 11) is -3.21. The number of nitrogens with zero attached hydrogens (tertiary/aromatic N) is 4. The second-order valence-electron chi connectivity index (χ2n) is 6.18. The lowest BCUT2D eigenvalue weighted by Crippen LogP contribution is -2.51. The topological polar surface area (TPSA) is 95.5 Å². The van der Waals surface area contributed by atoms with Gasteiger partial charge in [0.15, 0.2) is 0 Å². The van der Waals surface area contributed by atoms with E-state index in [1.807, 2.05) is 19.9 Å². The average Bonchev–Trinajstić information content (AvgIpc) is 2.55. The first-order chi connectivity index (χ1) is 11.7. The molecule has 2 heterocycles. The Hall–Kier alpha value is -2.26. The van der Waals surface area contributed by atoms with Gasteiger partial charge in [-0.05, 0) is 32.0 Å². The molecule has 1 aliphatic rings. The molecular weight excluding hydrogens is 342 g/mol. The number of urea groups is 1. The van der Waals surface area contributed by atoms with Crippen LogP contribution >= 0.6 is 0 Å². The van der Waals surface area contributed by atoms with Crippen LogP contribution in [0.2, 0.25) is 0 Å². The molecule has 0 spiro atoms. The summed E-state index contributed by atoms with van der Waals surface area (Å²) >= 11 is 0. The maximum Gasteiger partial charge on any atom is 0.321 e. The molecule has 1 saturated heterocycles. The number of benzene rings is 1. The lowest BCUT2D eigenvalue weighted by molar-refractivity contribution is 0.184. The van der Waals surface area contributed by atoms with Crippen molar-refractivity contribution in [3.05, 3.63) is 29.6 Å². The number of aryl methyl sites for hydroxylation is 2. The molecule has 1 aromatic heterocycles. The fourth-order valence-electron chi connectivity index (χ4n) is 2.73. The monoisotopic (exact) mass is 363 g/mol. The number of piperazine rings is 1. The number of aromatic nitrogens is 2. The molecule has 8 nitrogen and oxygen atoms in total. The van der Waals surface area contributed by atoms with Gasteiger partial charge in [-0.2, -0.15) is 4.31 Å². The van der Waals surface area contributed by atoms with Crippen LogP contribution in [0.15, 0.2) is 18.2 Å². The van der Waals surface area contributed by atoms with E-state index >= 15 is 0 Å². The van der Waals surface area contributed by atoms with E-state index in [4.69, 9.17) is 0 Å². The molecule has 134 valence electrons. The molecule has 0 unspecified atom stereocenters. The summed E-state index contributed by atoms with van der Waals surface area (Å²) in [5.74, 6) is 0. The highest BCUT2D eigenvalue weighted by Gasteiger charge is 2.26. The van der Waals surface area contributed by atoms with Gasteiger partial charge in [0.25, 0.3) is 0 Å². The molecule has 2 aromatic rings. The summed E-state index contributed by atoms with van der Waals surface area (Å²) in [4.78, 5) is 23.0. The zero-order chi connectivity index (χ0) is 18.2. The van der Waals surface area contributed by atoms with Gasteiger partial charge in [-0.25, -0.2) is 23.2 Å². The van der Waals surface area contributed by atoms with Crippen molar-refractivity contribution < 1.29 is 13.2 Å². The molecule has 2 amide bonds. The third-order valence-electron chi connectivity index (χ3n) is 4.32. The van der Waals surface area contributed by atoms with Gasteiger partial charge in [-0.1, -0.05) is 0 Å². The van der Waals surface area contributed by atoms with Gasteiger partial charge in [-0.15, -0.1) is 0 Å². The Morgan fingerprint density at radius 2 is 1.64 bits per heavy atom. The largest absolute Gasteiger partial charge is 0.322 e. The van der Waals surface area contributed by atoms with E-state index in [0.29, 0.717) is 31.9 Å². The third kappa shape index (κ3) is 3.88. The van der Waals surface area contributed by atoms with Crippen LogP contribution in [0.3, 0.4) is 0 Å². The number of carbonyl (C=O) groups excluding carboxylic acids is 1. The van der Waals surface area contributed by atoms with E-state index in [-0.39, 0.29) is 6.03 Å². The van der Waals surface area contributed by atoms with Gasteiger partial charge in [0.2, 0.25) is 10.0 Å². The second-order valence-corrected chi connectivity index (χ2v) is 8.16. The molecule has 0 bridgehead atoms. The lowest BCUT2D eigenvalue weighted by Gasteiger charge is -2.33. The highest BCUT2D eigenvalue weighted by Crippen LogP contribution is 2.18. The van der Waals surface area contributed by atoms with Crippen molar-refractivity contribution in [2.45, 2.75) is 13.8 Å². The molecule has 1 aromatic carbocycles. The zero-order valence-corrected chi connectivity index (χ0v) is 15.3. The van der Waals surface area contributed by atoms with Gasteiger partial charge >= 0.3 is 6.03 Å². The number of hydrogen-bond donors (Lipinski definition) is 1. The number of sulfonamides is 1. The summed E-state index contributed by atoms with van der Waals surface area (Å²) in [6, 6.07) is 5.16. The van der Waals surface area contributed by atoms with Crippen molar-refractivity contribution in [2.24, 2.45) is 0 Å². The van der Waals surface area contributed by atoms with Gasteiger partial charge in [0.1, 0.15) is 0 Å². The van der Waals surface area contributed by atoms with Gasteiger partial charge in [-0.3, -0.25) is 0 Å². The average molecular weight is 363 g/mol. The quantitative estimate of drug-likeness (QED) is 0.869. The Kier molecular flexibility index (Phi) is 4.61. The van der Waals surface area contributed by atoms with Crippen LogP contribution in [0.1, 0.15) is 11.4 Å². The number of rotatable bonds is 2. The van der Waals surface area contributed by atoms with Crippen LogP contribution in [0.5, 0.6) is 0 Å². The SMILES string of the molecule is Cc1nc2ccc(NC(=O)N3CCN(S(C)(=O)=O)CC3)cc2nc1C. The predicted molar refractivity (Wildman–Crippen MR) is 96.0 cm³/mol. The number of anilines is 1. The van der Waals surface area contributed by atoms with Gasteiger partial charge in [0.05, 0.1) is 28.7 Å². The van der Waals surface area contributed by atoms with Crippen molar-refractivity contribution in [1.82, 2.24) is 19.2 Å². The van der Waals surface area contributed by atoms with E-state index in [9.17, 15) is 13.2 Å². The van der Waals surface area contributed by atoms with E-state index in [0.717, 1.165) is 22.4 Å². The summed E-state index contributed by atoms with van der Waals surface area (Å²) < 4.78 is 24.4. The molecule has 0 aliphatic carbocycles. The Bertz CT molecular complexity index is 921. The highest BCUT2D eigenvalue weighted by atomic mass is 32.2. The summed E-state index contributed by atoms with van der Waals surface area (Å²) in [5, 5.41) is 2.84. The van der Waals surface area contributed by atoms with Crippen molar-refractivity contribution in [3.63, 3.8) is 0 Å². The van der Waals surface area contributed by atoms with E-state index < -0.39 is 10.0 Å². The number of nitrogens with one attached hydrogen (secondary N) is 1. The van der Waals surface area contributed by atoms with Crippen molar-refractivity contribution in [3.8, 4) is 0 Å². The second kappa shape index (κ2) is 6.57. The molecule has 0 radical (unpaired) electrons. The fraction of sp³-hybridized carbons (Fsp3) is 0.438. The van der Waals surface area contributed by atoms with E-state index in [1.54, 1.807) is 17.0 Å². The third-order valence-corrected chi connectivity index (χ3v) is 5.62. The maximum absolute atomic E-state index is 12.4. The molecule has 25 heavy (non-hydrogen) atoms. The molecule has 1 aliphatic heterocycles. The van der Waals surface area contributed by atoms with Crippen LogP contribution in [0.4, 0.5) is 10.5 Å². The zero-order valence-electron chi connectivity index (χ0n) is 14.5. The maximum atomic E-state index is 12.4. The van der Waals surface area contributed by atoms with Crippen LogP contribution < -0.4 is 5.32 Å². The molecule has 3 rings (SSSR count). The summed E-state index contributed by atoms with van der Waals surface area (Å²) in [6.45, 7) is 5.17. The molecule has 0 atom stereocenters. The first kappa shape index (κ1) is 17.6. The number of carbonyl (C=O) groups is 1. The fourth-order valence-corrected chi connectivity index (χ4v) is 3.56. The minimum absolute atomic E-state index is 0.246. The molecule has 0 saturated carbocycles. The molecule has 1 fully saturated rings. The Balaban J connectivity index is 1.69.